The zero-order valence-corrected chi connectivity index (χ0v) is 8.36. The third-order valence-electron chi connectivity index (χ3n) is 1.54. The van der Waals surface area contributed by atoms with Gasteiger partial charge in [-0.2, -0.15) is 0 Å². The molecule has 0 aliphatic heterocycles. The van der Waals surface area contributed by atoms with E-state index in [0.29, 0.717) is 12.4 Å². The van der Waals surface area contributed by atoms with Gasteiger partial charge < -0.3 is 10.0 Å². The molecule has 0 amide bonds. The van der Waals surface area contributed by atoms with Gasteiger partial charge in [0.25, 0.3) is 0 Å². The minimum absolute atomic E-state index is 0.218. The highest BCUT2D eigenvalue weighted by atomic mass is 35.5. The van der Waals surface area contributed by atoms with E-state index in [9.17, 15) is 0 Å². The standard InChI is InChI=1S/C8H12ClN3O/c1-6(13)5-12(2)7-3-4-10-8(9)11-7/h3-4,6,13H,5H2,1-2H3/t6-/m1/s1. The summed E-state index contributed by atoms with van der Waals surface area (Å²) in [6, 6.07) is 1.74. The number of hydrogen-bond donors (Lipinski definition) is 1. The Kier molecular flexibility index (Phi) is 3.45. The third-order valence-corrected chi connectivity index (χ3v) is 1.72. The molecule has 5 heteroatoms. The zero-order valence-electron chi connectivity index (χ0n) is 7.61. The maximum atomic E-state index is 9.14. The highest BCUT2D eigenvalue weighted by Gasteiger charge is 2.05. The van der Waals surface area contributed by atoms with Gasteiger partial charge in [-0.05, 0) is 24.6 Å². The van der Waals surface area contributed by atoms with Crippen LogP contribution in [0.4, 0.5) is 5.82 Å². The maximum Gasteiger partial charge on any atom is 0.224 e. The Morgan fingerprint density at radius 1 is 1.69 bits per heavy atom. The first-order valence-electron chi connectivity index (χ1n) is 3.97. The predicted octanol–water partition coefficient (Wildman–Crippen LogP) is 0.947. The summed E-state index contributed by atoms with van der Waals surface area (Å²) in [4.78, 5) is 9.58. The van der Waals surface area contributed by atoms with Crippen LogP contribution in [-0.2, 0) is 0 Å². The lowest BCUT2D eigenvalue weighted by molar-refractivity contribution is 0.201. The first-order valence-corrected chi connectivity index (χ1v) is 4.35. The molecule has 1 heterocycles. The van der Waals surface area contributed by atoms with Gasteiger partial charge in [0, 0.05) is 19.8 Å². The molecule has 1 aromatic heterocycles. The van der Waals surface area contributed by atoms with Gasteiger partial charge in [-0.15, -0.1) is 0 Å². The molecule has 0 unspecified atom stereocenters. The topological polar surface area (TPSA) is 49.2 Å². The first kappa shape index (κ1) is 10.2. The predicted molar refractivity (Wildman–Crippen MR) is 52.0 cm³/mol. The molecule has 0 radical (unpaired) electrons. The summed E-state index contributed by atoms with van der Waals surface area (Å²) in [5.41, 5.74) is 0. The fourth-order valence-electron chi connectivity index (χ4n) is 1.03. The van der Waals surface area contributed by atoms with Crippen molar-refractivity contribution in [2.24, 2.45) is 0 Å². The lowest BCUT2D eigenvalue weighted by Crippen LogP contribution is -2.27. The Morgan fingerprint density at radius 3 is 2.92 bits per heavy atom. The molecule has 0 aromatic carbocycles. The summed E-state index contributed by atoms with van der Waals surface area (Å²) in [6.07, 6.45) is 1.20. The number of nitrogens with zero attached hydrogens (tertiary/aromatic N) is 3. The Balaban J connectivity index is 2.71. The van der Waals surface area contributed by atoms with Crippen molar-refractivity contribution in [1.82, 2.24) is 9.97 Å². The summed E-state index contributed by atoms with van der Waals surface area (Å²) < 4.78 is 0. The molecule has 0 aliphatic carbocycles. The van der Waals surface area contributed by atoms with Crippen LogP contribution < -0.4 is 4.90 Å². The first-order chi connectivity index (χ1) is 6.09. The highest BCUT2D eigenvalue weighted by molar-refractivity contribution is 6.28. The van der Waals surface area contributed by atoms with Crippen molar-refractivity contribution in [3.05, 3.63) is 17.5 Å². The molecule has 1 aromatic rings. The lowest BCUT2D eigenvalue weighted by Gasteiger charge is -2.19. The molecule has 72 valence electrons. The molecule has 0 saturated heterocycles. The average Bonchev–Trinajstić information content (AvgIpc) is 2.03. The minimum atomic E-state index is -0.390. The van der Waals surface area contributed by atoms with Gasteiger partial charge in [0.15, 0.2) is 0 Å². The van der Waals surface area contributed by atoms with Crippen molar-refractivity contribution in [2.75, 3.05) is 18.5 Å². The van der Waals surface area contributed by atoms with E-state index in [1.54, 1.807) is 19.2 Å². The van der Waals surface area contributed by atoms with Gasteiger partial charge in [-0.3, -0.25) is 0 Å². The third kappa shape index (κ3) is 3.16. The van der Waals surface area contributed by atoms with E-state index in [0.717, 1.165) is 0 Å². The number of aromatic nitrogens is 2. The van der Waals surface area contributed by atoms with E-state index in [2.05, 4.69) is 9.97 Å². The monoisotopic (exact) mass is 201 g/mol. The molecule has 1 atom stereocenters. The van der Waals surface area contributed by atoms with E-state index in [1.165, 1.54) is 0 Å². The molecule has 1 N–H and O–H groups in total. The number of likely N-dealkylation sites (N-methyl/N-ethyl adjacent to an activating group) is 1. The Labute approximate surface area is 82.2 Å². The van der Waals surface area contributed by atoms with Gasteiger partial charge in [0.2, 0.25) is 5.28 Å². The normalized spacial score (nSPS) is 12.6. The maximum absolute atomic E-state index is 9.14. The number of rotatable bonds is 3. The molecule has 13 heavy (non-hydrogen) atoms. The summed E-state index contributed by atoms with van der Waals surface area (Å²) in [7, 11) is 1.84. The molecule has 0 bridgehead atoms. The Morgan fingerprint density at radius 2 is 2.38 bits per heavy atom. The van der Waals surface area contributed by atoms with E-state index in [-0.39, 0.29) is 5.28 Å². The number of halogens is 1. The number of anilines is 1. The molecule has 0 saturated carbocycles. The van der Waals surface area contributed by atoms with E-state index < -0.39 is 6.10 Å². The Hall–Kier alpha value is -0.870. The molecular weight excluding hydrogens is 190 g/mol. The average molecular weight is 202 g/mol. The molecule has 0 aliphatic rings. The van der Waals surface area contributed by atoms with E-state index >= 15 is 0 Å². The van der Waals surface area contributed by atoms with Crippen molar-refractivity contribution < 1.29 is 5.11 Å². The summed E-state index contributed by atoms with van der Waals surface area (Å²) in [5.74, 6) is 0.709. The second kappa shape index (κ2) is 4.39. The quantitative estimate of drug-likeness (QED) is 0.740. The Bertz CT molecular complexity index is 280. The molecule has 0 fully saturated rings. The lowest BCUT2D eigenvalue weighted by atomic mass is 10.4. The number of aliphatic hydroxyl groups is 1. The van der Waals surface area contributed by atoms with Crippen LogP contribution in [0, 0.1) is 0 Å². The molecular formula is C8H12ClN3O. The van der Waals surface area contributed by atoms with Crippen LogP contribution in [0.25, 0.3) is 0 Å². The smallest absolute Gasteiger partial charge is 0.224 e. The van der Waals surface area contributed by atoms with Crippen molar-refractivity contribution in [2.45, 2.75) is 13.0 Å². The van der Waals surface area contributed by atoms with Gasteiger partial charge in [-0.1, -0.05) is 0 Å². The largest absolute Gasteiger partial charge is 0.392 e. The van der Waals surface area contributed by atoms with Gasteiger partial charge in [0.05, 0.1) is 6.10 Å². The van der Waals surface area contributed by atoms with Crippen molar-refractivity contribution >= 4 is 17.4 Å². The molecule has 0 spiro atoms. The number of aliphatic hydroxyl groups excluding tert-OH is 1. The van der Waals surface area contributed by atoms with Gasteiger partial charge >= 0.3 is 0 Å². The summed E-state index contributed by atoms with van der Waals surface area (Å²) in [6.45, 7) is 2.24. The van der Waals surface area contributed by atoms with Crippen molar-refractivity contribution in [1.29, 1.82) is 0 Å². The fourth-order valence-corrected chi connectivity index (χ4v) is 1.17. The van der Waals surface area contributed by atoms with Crippen LogP contribution >= 0.6 is 11.6 Å². The van der Waals surface area contributed by atoms with Gasteiger partial charge in [-0.25, -0.2) is 9.97 Å². The minimum Gasteiger partial charge on any atom is -0.392 e. The van der Waals surface area contributed by atoms with Crippen molar-refractivity contribution in [3.8, 4) is 0 Å². The van der Waals surface area contributed by atoms with E-state index in [4.69, 9.17) is 16.7 Å². The van der Waals surface area contributed by atoms with Gasteiger partial charge in [0.1, 0.15) is 5.82 Å². The van der Waals surface area contributed by atoms with E-state index in [1.807, 2.05) is 11.9 Å². The molecule has 4 nitrogen and oxygen atoms in total. The zero-order chi connectivity index (χ0) is 9.84. The van der Waals surface area contributed by atoms with Crippen LogP contribution in [0.1, 0.15) is 6.92 Å². The number of hydrogen-bond acceptors (Lipinski definition) is 4. The van der Waals surface area contributed by atoms with Crippen LogP contribution in [0.2, 0.25) is 5.28 Å². The van der Waals surface area contributed by atoms with Crippen molar-refractivity contribution in [3.63, 3.8) is 0 Å². The summed E-state index contributed by atoms with van der Waals surface area (Å²) >= 11 is 5.61. The fraction of sp³-hybridized carbons (Fsp3) is 0.500. The highest BCUT2D eigenvalue weighted by Crippen LogP contribution is 2.10. The SMILES string of the molecule is C[C@@H](O)CN(C)c1ccnc(Cl)n1. The van der Waals surface area contributed by atoms with Crippen LogP contribution in [-0.4, -0.2) is 34.8 Å². The van der Waals surface area contributed by atoms with Crippen LogP contribution in [0.15, 0.2) is 12.3 Å². The van der Waals surface area contributed by atoms with Crippen LogP contribution in [0.3, 0.4) is 0 Å². The van der Waals surface area contributed by atoms with Crippen LogP contribution in [0.5, 0.6) is 0 Å². The molecule has 1 rings (SSSR count). The summed E-state index contributed by atoms with van der Waals surface area (Å²) in [5, 5.41) is 9.35. The second-order valence-electron chi connectivity index (χ2n) is 2.91. The second-order valence-corrected chi connectivity index (χ2v) is 3.25.